The Balaban J connectivity index is 1.44. The Hall–Kier alpha value is -3.98. The number of benzene rings is 2. The molecule has 9 heteroatoms. The summed E-state index contributed by atoms with van der Waals surface area (Å²) in [5.74, 6) is 2.31. The van der Waals surface area contributed by atoms with Crippen LogP contribution in [-0.4, -0.2) is 44.7 Å². The highest BCUT2D eigenvalue weighted by atomic mass is 32.2. The van der Waals surface area contributed by atoms with Gasteiger partial charge in [0.15, 0.2) is 12.4 Å². The topological polar surface area (TPSA) is 70.5 Å². The fourth-order valence-corrected chi connectivity index (χ4v) is 5.73. The van der Waals surface area contributed by atoms with E-state index in [1.807, 2.05) is 56.3 Å². The van der Waals surface area contributed by atoms with Crippen LogP contribution < -0.4 is 41.4 Å². The van der Waals surface area contributed by atoms with Crippen LogP contribution in [0.5, 0.6) is 0 Å². The predicted octanol–water partition coefficient (Wildman–Crippen LogP) is 7.54. The zero-order valence-corrected chi connectivity index (χ0v) is 29.5. The summed E-state index contributed by atoms with van der Waals surface area (Å²) in [5.41, 5.74) is 19.9. The average molecular weight is 646 g/mol. The summed E-state index contributed by atoms with van der Waals surface area (Å²) in [7, 11) is 3.91. The molecule has 0 amide bonds. The van der Waals surface area contributed by atoms with Crippen molar-refractivity contribution in [1.29, 1.82) is 0 Å². The van der Waals surface area contributed by atoms with Gasteiger partial charge in [0.2, 0.25) is 0 Å². The van der Waals surface area contributed by atoms with E-state index < -0.39 is 0 Å². The average Bonchev–Trinajstić information content (AvgIpc) is 3.09. The van der Waals surface area contributed by atoms with Crippen LogP contribution in [0.3, 0.4) is 0 Å². The minimum atomic E-state index is 1.00. The van der Waals surface area contributed by atoms with Crippen LogP contribution in [0.25, 0.3) is 0 Å². The number of allylic oxidation sites excluding steroid dienone is 2. The van der Waals surface area contributed by atoms with Gasteiger partial charge < -0.3 is 36.8 Å². The molecule has 0 aliphatic heterocycles. The molecule has 46 heavy (non-hydrogen) atoms. The molecule has 0 bridgehead atoms. The van der Waals surface area contributed by atoms with Gasteiger partial charge in [0, 0.05) is 62.5 Å². The molecule has 0 saturated carbocycles. The first-order valence-corrected chi connectivity index (χ1v) is 18.0. The number of nitrogens with zero attached hydrogens (tertiary/aromatic N) is 3. The van der Waals surface area contributed by atoms with Gasteiger partial charge in [-0.15, -0.1) is 0 Å². The van der Waals surface area contributed by atoms with Crippen LogP contribution in [0.4, 0.5) is 28.4 Å². The molecule has 0 aliphatic rings. The molecule has 0 saturated heterocycles. The number of hydrogen-bond acceptors (Lipinski definition) is 8. The molecule has 0 atom stereocenters. The fraction of sp³-hybridized carbons (Fsp3) is 0.432. The third kappa shape index (κ3) is 13.6. The molecule has 3 rings (SSSR count). The summed E-state index contributed by atoms with van der Waals surface area (Å²) < 4.78 is 2.02. The van der Waals surface area contributed by atoms with Gasteiger partial charge in [-0.05, 0) is 92.7 Å². The summed E-state index contributed by atoms with van der Waals surface area (Å²) in [5, 5.41) is 3.02. The van der Waals surface area contributed by atoms with Crippen molar-refractivity contribution in [3.63, 3.8) is 0 Å². The lowest BCUT2D eigenvalue weighted by molar-refractivity contribution is -0.671. The minimum Gasteiger partial charge on any atom is -0.394 e. The van der Waals surface area contributed by atoms with Crippen molar-refractivity contribution in [3.05, 3.63) is 97.1 Å². The molecule has 1 heterocycles. The summed E-state index contributed by atoms with van der Waals surface area (Å²) in [6, 6.07) is 21.6. The Morgan fingerprint density at radius 3 is 1.76 bits per heavy atom. The number of aryl methyl sites for hydroxylation is 1. The van der Waals surface area contributed by atoms with Gasteiger partial charge >= 0.3 is 0 Å². The van der Waals surface area contributed by atoms with Crippen LogP contribution in [0.15, 0.2) is 97.1 Å². The molecule has 3 aromatic rings. The van der Waals surface area contributed by atoms with Gasteiger partial charge in [-0.1, -0.05) is 32.8 Å². The molecule has 0 fully saturated rings. The first-order chi connectivity index (χ1) is 22.6. The molecule has 8 nitrogen and oxygen atoms in total. The number of aromatic nitrogens is 1. The second kappa shape index (κ2) is 21.7. The lowest BCUT2D eigenvalue weighted by atomic mass is 10.2. The number of rotatable bonds is 23. The molecule has 0 radical (unpaired) electrons. The first-order valence-electron chi connectivity index (χ1n) is 16.8. The zero-order chi connectivity index (χ0) is 32.8. The van der Waals surface area contributed by atoms with Crippen LogP contribution >= 0.6 is 11.8 Å². The molecular weight excluding hydrogens is 589 g/mol. The van der Waals surface area contributed by atoms with Gasteiger partial charge in [-0.25, -0.2) is 4.57 Å². The Morgan fingerprint density at radius 1 is 0.696 bits per heavy atom. The maximum absolute atomic E-state index is 3.31. The Labute approximate surface area is 282 Å². The van der Waals surface area contributed by atoms with Gasteiger partial charge in [-0.3, -0.25) is 0 Å². The van der Waals surface area contributed by atoms with Crippen LogP contribution in [0, 0.1) is 0 Å². The van der Waals surface area contributed by atoms with E-state index in [1.165, 1.54) is 49.2 Å². The molecule has 0 aliphatic carbocycles. The molecule has 2 aromatic carbocycles. The SMILES string of the molecule is CC=C(C=CNC)NNc1ccc(N(CCCC)CCSCCCN(CCCC)c2ccc(NNc3cc[n+](C)cc3)cc2)cc1. The Kier molecular flexibility index (Phi) is 17.2. The van der Waals surface area contributed by atoms with Crippen molar-refractivity contribution in [2.45, 2.75) is 52.9 Å². The van der Waals surface area contributed by atoms with Crippen molar-refractivity contribution in [2.24, 2.45) is 7.05 Å². The zero-order valence-electron chi connectivity index (χ0n) is 28.7. The standard InChI is InChI=1S/C37H56N8S/c1-6-9-24-44(36-16-12-34(13-17-36)41-42-35-21-27-43(5)28-22-35)26-11-30-46-31-29-45(25-10-7-2)37-18-14-33(15-19-37)40-39-32(8-3)20-23-38-4/h8,12-23,27-28,38-41H,6-7,9-11,24-26,29-31H2,1-5H3/p+1. The Morgan fingerprint density at radius 2 is 1.22 bits per heavy atom. The van der Waals surface area contributed by atoms with Crippen molar-refractivity contribution in [3.8, 4) is 0 Å². The summed E-state index contributed by atoms with van der Waals surface area (Å²) in [6.07, 6.45) is 16.0. The van der Waals surface area contributed by atoms with E-state index in [0.717, 1.165) is 54.7 Å². The van der Waals surface area contributed by atoms with E-state index in [0.29, 0.717) is 0 Å². The highest BCUT2D eigenvalue weighted by Gasteiger charge is 2.09. The fourth-order valence-electron chi connectivity index (χ4n) is 4.84. The van der Waals surface area contributed by atoms with Gasteiger partial charge in [0.05, 0.1) is 22.8 Å². The Bertz CT molecular complexity index is 1280. The van der Waals surface area contributed by atoms with Gasteiger partial charge in [0.25, 0.3) is 0 Å². The number of hydrazine groups is 2. The quantitative estimate of drug-likeness (QED) is 0.0314. The monoisotopic (exact) mass is 645 g/mol. The normalized spacial score (nSPS) is 11.4. The predicted molar refractivity (Wildman–Crippen MR) is 203 cm³/mol. The van der Waals surface area contributed by atoms with Crippen molar-refractivity contribution >= 4 is 40.2 Å². The second-order valence-electron chi connectivity index (χ2n) is 11.4. The van der Waals surface area contributed by atoms with Crippen molar-refractivity contribution in [2.75, 3.05) is 70.8 Å². The number of unbranched alkanes of at least 4 members (excludes halogenated alkanes) is 2. The number of nitrogens with one attached hydrogen (secondary N) is 5. The number of pyridine rings is 1. The maximum Gasteiger partial charge on any atom is 0.170 e. The van der Waals surface area contributed by atoms with E-state index >= 15 is 0 Å². The molecule has 5 N–H and O–H groups in total. The largest absolute Gasteiger partial charge is 0.394 e. The van der Waals surface area contributed by atoms with Gasteiger partial charge in [-0.2, -0.15) is 11.8 Å². The highest BCUT2D eigenvalue weighted by Crippen LogP contribution is 2.21. The van der Waals surface area contributed by atoms with E-state index in [1.54, 1.807) is 0 Å². The smallest absolute Gasteiger partial charge is 0.170 e. The van der Waals surface area contributed by atoms with Crippen molar-refractivity contribution < 1.29 is 4.57 Å². The third-order valence-corrected chi connectivity index (χ3v) is 8.72. The summed E-state index contributed by atoms with van der Waals surface area (Å²) in [6.45, 7) is 10.9. The second-order valence-corrected chi connectivity index (χ2v) is 12.6. The van der Waals surface area contributed by atoms with E-state index in [9.17, 15) is 0 Å². The number of anilines is 5. The summed E-state index contributed by atoms with van der Waals surface area (Å²) in [4.78, 5) is 5.09. The molecule has 1 aromatic heterocycles. The van der Waals surface area contributed by atoms with Crippen LogP contribution in [0.2, 0.25) is 0 Å². The molecule has 0 unspecified atom stereocenters. The van der Waals surface area contributed by atoms with Gasteiger partial charge in [0.1, 0.15) is 7.05 Å². The lowest BCUT2D eigenvalue weighted by Gasteiger charge is -2.26. The highest BCUT2D eigenvalue weighted by molar-refractivity contribution is 7.99. The number of hydrogen-bond donors (Lipinski definition) is 5. The maximum atomic E-state index is 3.31. The van der Waals surface area contributed by atoms with E-state index in [-0.39, 0.29) is 0 Å². The lowest BCUT2D eigenvalue weighted by Crippen LogP contribution is -2.28. The minimum absolute atomic E-state index is 1.00. The number of thioether (sulfide) groups is 1. The first kappa shape index (κ1) is 36.5. The molecule has 0 spiro atoms. The van der Waals surface area contributed by atoms with E-state index in [4.69, 9.17) is 0 Å². The summed E-state index contributed by atoms with van der Waals surface area (Å²) >= 11 is 2.07. The van der Waals surface area contributed by atoms with Crippen LogP contribution in [0.1, 0.15) is 52.9 Å². The van der Waals surface area contributed by atoms with E-state index in [2.05, 4.69) is 123 Å². The van der Waals surface area contributed by atoms with Crippen LogP contribution in [-0.2, 0) is 7.05 Å². The molecular formula is C37H57N8S+. The third-order valence-electron chi connectivity index (χ3n) is 7.67. The van der Waals surface area contributed by atoms with Crippen molar-refractivity contribution in [1.82, 2.24) is 10.7 Å². The molecule has 250 valence electrons.